The molecule has 0 bridgehead atoms. The van der Waals surface area contributed by atoms with Crippen molar-refractivity contribution >= 4 is 29.1 Å². The standard InChI is InChI=1S/C25H30ClN3O2/c1-17-6-7-19-10-12-28(16-21(19)13-17)15-20-8-9-22(14-23(20)26)27-25(31)24-5-3-4-11-29(24)18(2)30/h6-9,13-14,24H,3-5,10-12,15-16H2,1-2H3,(H,27,31)/t24-/m1/s1. The predicted octanol–water partition coefficient (Wildman–Crippen LogP) is 4.55. The summed E-state index contributed by atoms with van der Waals surface area (Å²) < 4.78 is 0. The Kier molecular flexibility index (Phi) is 6.63. The van der Waals surface area contributed by atoms with Gasteiger partial charge in [0, 0.05) is 43.8 Å². The highest BCUT2D eigenvalue weighted by Crippen LogP contribution is 2.27. The highest BCUT2D eigenvalue weighted by Gasteiger charge is 2.30. The largest absolute Gasteiger partial charge is 0.331 e. The third kappa shape index (κ3) is 5.10. The third-order valence-corrected chi connectivity index (χ3v) is 6.73. The molecule has 2 heterocycles. The van der Waals surface area contributed by atoms with Gasteiger partial charge in [0.1, 0.15) is 6.04 Å². The van der Waals surface area contributed by atoms with E-state index in [1.807, 2.05) is 18.2 Å². The van der Waals surface area contributed by atoms with E-state index < -0.39 is 6.04 Å². The number of rotatable bonds is 4. The number of amides is 2. The van der Waals surface area contributed by atoms with E-state index in [1.165, 1.54) is 23.6 Å². The van der Waals surface area contributed by atoms with Gasteiger partial charge >= 0.3 is 0 Å². The van der Waals surface area contributed by atoms with E-state index in [0.717, 1.165) is 44.5 Å². The van der Waals surface area contributed by atoms with Crippen molar-refractivity contribution in [1.82, 2.24) is 9.80 Å². The Hall–Kier alpha value is -2.37. The zero-order valence-electron chi connectivity index (χ0n) is 18.3. The number of likely N-dealkylation sites (tertiary alicyclic amines) is 1. The fourth-order valence-corrected chi connectivity index (χ4v) is 4.92. The average Bonchev–Trinajstić information content (AvgIpc) is 2.75. The summed E-state index contributed by atoms with van der Waals surface area (Å²) in [5, 5.41) is 3.61. The second-order valence-electron chi connectivity index (χ2n) is 8.75. The van der Waals surface area contributed by atoms with Gasteiger partial charge in [-0.15, -0.1) is 0 Å². The number of benzene rings is 2. The monoisotopic (exact) mass is 439 g/mol. The van der Waals surface area contributed by atoms with Crippen molar-refractivity contribution in [3.8, 4) is 0 Å². The Morgan fingerprint density at radius 1 is 1.10 bits per heavy atom. The van der Waals surface area contributed by atoms with Crippen LogP contribution in [0, 0.1) is 6.92 Å². The Labute approximate surface area is 189 Å². The minimum atomic E-state index is -0.401. The van der Waals surface area contributed by atoms with E-state index in [2.05, 4.69) is 35.3 Å². The first kappa shape index (κ1) is 21.8. The summed E-state index contributed by atoms with van der Waals surface area (Å²) in [4.78, 5) is 28.7. The van der Waals surface area contributed by atoms with Gasteiger partial charge in [-0.3, -0.25) is 14.5 Å². The zero-order chi connectivity index (χ0) is 22.0. The van der Waals surface area contributed by atoms with Crippen LogP contribution >= 0.6 is 11.6 Å². The molecular formula is C25H30ClN3O2. The van der Waals surface area contributed by atoms with Crippen LogP contribution in [0.2, 0.25) is 5.02 Å². The van der Waals surface area contributed by atoms with Gasteiger partial charge in [0.2, 0.25) is 11.8 Å². The molecule has 0 aliphatic carbocycles. The predicted molar refractivity (Wildman–Crippen MR) is 124 cm³/mol. The molecule has 0 spiro atoms. The summed E-state index contributed by atoms with van der Waals surface area (Å²) >= 11 is 6.58. The van der Waals surface area contributed by atoms with Crippen LogP contribution in [0.1, 0.15) is 48.4 Å². The Balaban J connectivity index is 1.40. The lowest BCUT2D eigenvalue weighted by molar-refractivity contribution is -0.138. The fourth-order valence-electron chi connectivity index (χ4n) is 4.68. The second-order valence-corrected chi connectivity index (χ2v) is 9.16. The first-order valence-corrected chi connectivity index (χ1v) is 11.5. The van der Waals surface area contributed by atoms with Crippen molar-refractivity contribution in [2.75, 3.05) is 18.4 Å². The molecule has 2 amide bonds. The van der Waals surface area contributed by atoms with Crippen molar-refractivity contribution in [3.05, 3.63) is 63.7 Å². The molecule has 2 aromatic carbocycles. The lowest BCUT2D eigenvalue weighted by atomic mass is 9.97. The summed E-state index contributed by atoms with van der Waals surface area (Å²) in [6.07, 6.45) is 3.66. The molecule has 1 N–H and O–H groups in total. The number of carbonyl (C=O) groups excluding carboxylic acids is 2. The molecule has 1 fully saturated rings. The molecule has 2 aliphatic rings. The molecule has 0 saturated carbocycles. The number of hydrogen-bond donors (Lipinski definition) is 1. The summed E-state index contributed by atoms with van der Waals surface area (Å²) in [6, 6.07) is 12.0. The molecule has 5 nitrogen and oxygen atoms in total. The SMILES string of the molecule is CC(=O)N1CCCC[C@@H]1C(=O)Nc1ccc(CN2CCc3ccc(C)cc3C2)c(Cl)c1. The first-order chi connectivity index (χ1) is 14.9. The number of carbonyl (C=O) groups is 2. The van der Waals surface area contributed by atoms with E-state index in [-0.39, 0.29) is 11.8 Å². The molecule has 164 valence electrons. The quantitative estimate of drug-likeness (QED) is 0.760. The van der Waals surface area contributed by atoms with Crippen LogP contribution in [0.3, 0.4) is 0 Å². The van der Waals surface area contributed by atoms with Gasteiger partial charge in [-0.05, 0) is 61.4 Å². The average molecular weight is 440 g/mol. The lowest BCUT2D eigenvalue weighted by Crippen LogP contribution is -2.49. The number of nitrogens with one attached hydrogen (secondary N) is 1. The number of aryl methyl sites for hydroxylation is 1. The molecule has 0 aromatic heterocycles. The molecule has 0 radical (unpaired) electrons. The van der Waals surface area contributed by atoms with Gasteiger partial charge in [-0.2, -0.15) is 0 Å². The summed E-state index contributed by atoms with van der Waals surface area (Å²) in [5.41, 5.74) is 5.85. The van der Waals surface area contributed by atoms with Crippen LogP contribution in [0.5, 0.6) is 0 Å². The number of fused-ring (bicyclic) bond motifs is 1. The Morgan fingerprint density at radius 2 is 1.94 bits per heavy atom. The second kappa shape index (κ2) is 9.41. The van der Waals surface area contributed by atoms with Crippen molar-refractivity contribution in [3.63, 3.8) is 0 Å². The first-order valence-electron chi connectivity index (χ1n) is 11.1. The van der Waals surface area contributed by atoms with Crippen LogP contribution < -0.4 is 5.32 Å². The van der Waals surface area contributed by atoms with Crippen LogP contribution in [-0.2, 0) is 29.1 Å². The maximum absolute atomic E-state index is 12.8. The van der Waals surface area contributed by atoms with Crippen LogP contribution in [0.4, 0.5) is 5.69 Å². The number of hydrogen-bond acceptors (Lipinski definition) is 3. The van der Waals surface area contributed by atoms with E-state index in [9.17, 15) is 9.59 Å². The smallest absolute Gasteiger partial charge is 0.247 e. The van der Waals surface area contributed by atoms with Crippen molar-refractivity contribution < 1.29 is 9.59 Å². The highest BCUT2D eigenvalue weighted by molar-refractivity contribution is 6.31. The summed E-state index contributed by atoms with van der Waals surface area (Å²) in [7, 11) is 0. The van der Waals surface area contributed by atoms with Crippen LogP contribution in [-0.4, -0.2) is 40.7 Å². The molecule has 1 atom stereocenters. The number of nitrogens with zero attached hydrogens (tertiary/aromatic N) is 2. The number of anilines is 1. The minimum absolute atomic E-state index is 0.0495. The Morgan fingerprint density at radius 3 is 2.71 bits per heavy atom. The lowest BCUT2D eigenvalue weighted by Gasteiger charge is -2.34. The van der Waals surface area contributed by atoms with Gasteiger partial charge in [0.25, 0.3) is 0 Å². The van der Waals surface area contributed by atoms with Gasteiger partial charge in [0.15, 0.2) is 0 Å². The molecule has 1 saturated heterocycles. The molecule has 2 aromatic rings. The summed E-state index contributed by atoms with van der Waals surface area (Å²) in [5.74, 6) is -0.187. The van der Waals surface area contributed by atoms with E-state index in [4.69, 9.17) is 11.6 Å². The molecule has 31 heavy (non-hydrogen) atoms. The number of piperidine rings is 1. The highest BCUT2D eigenvalue weighted by atomic mass is 35.5. The maximum Gasteiger partial charge on any atom is 0.247 e. The normalized spacial score (nSPS) is 19.1. The van der Waals surface area contributed by atoms with E-state index in [0.29, 0.717) is 23.7 Å². The minimum Gasteiger partial charge on any atom is -0.331 e. The molecular weight excluding hydrogens is 410 g/mol. The number of halogens is 1. The van der Waals surface area contributed by atoms with E-state index >= 15 is 0 Å². The van der Waals surface area contributed by atoms with Crippen molar-refractivity contribution in [1.29, 1.82) is 0 Å². The Bertz CT molecular complexity index is 991. The van der Waals surface area contributed by atoms with Crippen molar-refractivity contribution in [2.45, 2.75) is 58.7 Å². The summed E-state index contributed by atoms with van der Waals surface area (Å²) in [6.45, 7) is 7.01. The zero-order valence-corrected chi connectivity index (χ0v) is 19.0. The molecule has 0 unspecified atom stereocenters. The maximum atomic E-state index is 12.8. The molecule has 2 aliphatic heterocycles. The third-order valence-electron chi connectivity index (χ3n) is 6.38. The fraction of sp³-hybridized carbons (Fsp3) is 0.440. The van der Waals surface area contributed by atoms with Gasteiger partial charge in [0.05, 0.1) is 0 Å². The molecule has 6 heteroatoms. The topological polar surface area (TPSA) is 52.7 Å². The van der Waals surface area contributed by atoms with Gasteiger partial charge in [-0.25, -0.2) is 0 Å². The van der Waals surface area contributed by atoms with Gasteiger partial charge < -0.3 is 10.2 Å². The van der Waals surface area contributed by atoms with E-state index in [1.54, 1.807) is 4.90 Å². The van der Waals surface area contributed by atoms with Crippen LogP contribution in [0.15, 0.2) is 36.4 Å². The molecule has 4 rings (SSSR count). The van der Waals surface area contributed by atoms with Gasteiger partial charge in [-0.1, -0.05) is 41.4 Å². The van der Waals surface area contributed by atoms with Crippen molar-refractivity contribution in [2.24, 2.45) is 0 Å². The van der Waals surface area contributed by atoms with Crippen LogP contribution in [0.25, 0.3) is 0 Å².